The molecule has 142 valence electrons. The van der Waals surface area contributed by atoms with Gasteiger partial charge in [0.15, 0.2) is 0 Å². The zero-order valence-corrected chi connectivity index (χ0v) is 20.0. The van der Waals surface area contributed by atoms with Gasteiger partial charge in [0.25, 0.3) is 0 Å². The van der Waals surface area contributed by atoms with Crippen molar-refractivity contribution < 1.29 is 0 Å². The van der Waals surface area contributed by atoms with Crippen LogP contribution in [0.15, 0.2) is 115 Å². The predicted molar refractivity (Wildman–Crippen MR) is 134 cm³/mol. The fourth-order valence-corrected chi connectivity index (χ4v) is 19.7. The summed E-state index contributed by atoms with van der Waals surface area (Å²) in [5.41, 5.74) is 2.39. The quantitative estimate of drug-likeness (QED) is 0.295. The molecule has 0 spiro atoms. The molecule has 3 heteroatoms. The van der Waals surface area contributed by atoms with Crippen molar-refractivity contribution in [3.63, 3.8) is 0 Å². The third kappa shape index (κ3) is 4.25. The van der Waals surface area contributed by atoms with E-state index in [1.807, 2.05) is 10.1 Å². The molecule has 0 aromatic heterocycles. The van der Waals surface area contributed by atoms with Crippen molar-refractivity contribution in [1.82, 2.24) is 0 Å². The van der Waals surface area contributed by atoms with E-state index in [1.165, 1.54) is 18.8 Å². The first kappa shape index (κ1) is 20.1. The molecule has 4 aromatic carbocycles. The second-order valence-corrected chi connectivity index (χ2v) is 19.3. The number of rotatable bonds is 5. The van der Waals surface area contributed by atoms with Crippen molar-refractivity contribution >= 4 is 51.8 Å². The van der Waals surface area contributed by atoms with Crippen LogP contribution in [0.5, 0.6) is 0 Å². The molecule has 4 rings (SSSR count). The molecule has 0 saturated carbocycles. The average Bonchev–Trinajstić information content (AvgIpc) is 2.79. The summed E-state index contributed by atoms with van der Waals surface area (Å²) >= 11 is 2.92. The Bertz CT molecular complexity index is 979. The van der Waals surface area contributed by atoms with E-state index in [4.69, 9.17) is 12.2 Å². The molecule has 0 aliphatic heterocycles. The molecule has 0 bridgehead atoms. The summed E-state index contributed by atoms with van der Waals surface area (Å²) in [5.74, 6) is 0. The van der Waals surface area contributed by atoms with Gasteiger partial charge in [0.2, 0.25) is 0 Å². The van der Waals surface area contributed by atoms with E-state index in [-0.39, 0.29) is 0 Å². The molecular weight excluding hydrogens is 449 g/mol. The minimum absolute atomic E-state index is 0.974. The molecule has 0 N–H and O–H groups in total. The number of benzene rings is 4. The number of hydrogen-bond donors (Lipinski definition) is 0. The topological polar surface area (TPSA) is 0 Å². The minimum atomic E-state index is -3.10. The van der Waals surface area contributed by atoms with Crippen molar-refractivity contribution in [3.05, 3.63) is 126 Å². The van der Waals surface area contributed by atoms with Crippen molar-refractivity contribution in [2.75, 3.05) is 0 Å². The van der Waals surface area contributed by atoms with Gasteiger partial charge in [0, 0.05) is 0 Å². The summed E-state index contributed by atoms with van der Waals surface area (Å²) in [6, 6.07) is 41.5. The van der Waals surface area contributed by atoms with Crippen molar-refractivity contribution in [2.24, 2.45) is 0 Å². The fourth-order valence-electron chi connectivity index (χ4n) is 3.58. The van der Waals surface area contributed by atoms with Crippen LogP contribution >= 0.6 is 22.3 Å². The summed E-state index contributed by atoms with van der Waals surface area (Å²) in [4.78, 5) is 0. The Labute approximate surface area is 184 Å². The number of thiocarbonyl (C=S) groups is 1. The van der Waals surface area contributed by atoms with E-state index in [1.54, 1.807) is 0 Å². The number of hydrogen-bond acceptors (Lipinski definition) is 2. The summed E-state index contributed by atoms with van der Waals surface area (Å²) in [6.07, 6.45) is 0. The molecule has 0 saturated heterocycles. The Balaban J connectivity index is 1.92. The predicted octanol–water partition coefficient (Wildman–Crippen LogP) is 5.07. The molecule has 0 aliphatic carbocycles. The van der Waals surface area contributed by atoms with Crippen LogP contribution in [0.1, 0.15) is 11.1 Å². The van der Waals surface area contributed by atoms with Crippen LogP contribution in [-0.4, -0.2) is 16.3 Å². The van der Waals surface area contributed by atoms with E-state index in [0.717, 1.165) is 9.76 Å². The average molecular weight is 471 g/mol. The van der Waals surface area contributed by atoms with Gasteiger partial charge in [-0.15, -0.1) is 0 Å². The van der Waals surface area contributed by atoms with Gasteiger partial charge < -0.3 is 0 Å². The Kier molecular flexibility index (Phi) is 6.34. The summed E-state index contributed by atoms with van der Waals surface area (Å²) in [7, 11) is 1.93. The molecule has 0 unspecified atom stereocenters. The molecule has 0 aliphatic rings. The monoisotopic (exact) mass is 472 g/mol. The SMILES string of the molecule is Cc1ccc(C(=S)[S][Ge]([c]2ccccc2)([c]2ccccc2)[c]2ccccc2)cc1. The molecule has 0 heterocycles. The third-order valence-corrected chi connectivity index (χ3v) is 21.3. The first-order chi connectivity index (χ1) is 14.2. The Morgan fingerprint density at radius 3 is 1.34 bits per heavy atom. The Morgan fingerprint density at radius 1 is 0.586 bits per heavy atom. The molecule has 4 aromatic rings. The van der Waals surface area contributed by atoms with Crippen molar-refractivity contribution in [3.8, 4) is 0 Å². The summed E-state index contributed by atoms with van der Waals surface area (Å²) < 4.78 is 5.19. The van der Waals surface area contributed by atoms with Gasteiger partial charge in [-0.05, 0) is 0 Å². The summed E-state index contributed by atoms with van der Waals surface area (Å²) in [5, 5.41) is 0. The number of aryl methyl sites for hydroxylation is 1. The molecule has 29 heavy (non-hydrogen) atoms. The van der Waals surface area contributed by atoms with E-state index < -0.39 is 12.1 Å². The van der Waals surface area contributed by atoms with Gasteiger partial charge in [-0.3, -0.25) is 0 Å². The van der Waals surface area contributed by atoms with Crippen LogP contribution in [0.3, 0.4) is 0 Å². The third-order valence-electron chi connectivity index (χ3n) is 5.07. The van der Waals surface area contributed by atoms with Gasteiger partial charge >= 0.3 is 185 Å². The van der Waals surface area contributed by atoms with Crippen molar-refractivity contribution in [1.29, 1.82) is 0 Å². The molecule has 0 atom stereocenters. The zero-order chi connectivity index (χ0) is 20.1. The van der Waals surface area contributed by atoms with Gasteiger partial charge in [-0.1, -0.05) is 0 Å². The Hall–Kier alpha value is -2.14. The van der Waals surface area contributed by atoms with Crippen LogP contribution in [0.25, 0.3) is 0 Å². The van der Waals surface area contributed by atoms with Gasteiger partial charge in [0.1, 0.15) is 0 Å². The maximum absolute atomic E-state index is 6.02. The fraction of sp³-hybridized carbons (Fsp3) is 0.0385. The van der Waals surface area contributed by atoms with E-state index in [9.17, 15) is 0 Å². The van der Waals surface area contributed by atoms with Crippen molar-refractivity contribution in [2.45, 2.75) is 6.92 Å². The van der Waals surface area contributed by atoms with Crippen LogP contribution < -0.4 is 13.2 Å². The van der Waals surface area contributed by atoms with Crippen LogP contribution in [0.2, 0.25) is 0 Å². The molecule has 0 amide bonds. The van der Waals surface area contributed by atoms with Crippen LogP contribution in [0, 0.1) is 6.92 Å². The van der Waals surface area contributed by atoms with Crippen LogP contribution in [0.4, 0.5) is 0 Å². The summed E-state index contributed by atoms with van der Waals surface area (Å²) in [6.45, 7) is 2.11. The van der Waals surface area contributed by atoms with E-state index in [0.29, 0.717) is 0 Å². The second kappa shape index (κ2) is 9.12. The molecular formula is C26H22GeS2. The van der Waals surface area contributed by atoms with Crippen LogP contribution in [-0.2, 0) is 0 Å². The molecule has 0 radical (unpaired) electrons. The van der Waals surface area contributed by atoms with Gasteiger partial charge in [-0.25, -0.2) is 0 Å². The molecule has 0 fully saturated rings. The zero-order valence-electron chi connectivity index (χ0n) is 16.3. The Morgan fingerprint density at radius 2 is 0.966 bits per heavy atom. The van der Waals surface area contributed by atoms with E-state index in [2.05, 4.69) is 122 Å². The first-order valence-corrected chi connectivity index (χ1v) is 16.6. The first-order valence-electron chi connectivity index (χ1n) is 9.67. The van der Waals surface area contributed by atoms with E-state index >= 15 is 0 Å². The van der Waals surface area contributed by atoms with Gasteiger partial charge in [0.05, 0.1) is 0 Å². The second-order valence-electron chi connectivity index (χ2n) is 7.03. The molecule has 0 nitrogen and oxygen atoms in total. The maximum atomic E-state index is 6.02. The normalized spacial score (nSPS) is 11.2. The standard InChI is InChI=1S/C26H22GeS2/c1-21-17-19-22(20-18-21)26(28)29-27(23-11-5-2-6-12-23,24-13-7-3-8-14-24)25-15-9-4-10-16-25/h2-20H,1H3. The van der Waals surface area contributed by atoms with Gasteiger partial charge in [-0.2, -0.15) is 0 Å².